The smallest absolute Gasteiger partial charge is 0.410 e. The monoisotopic (exact) mass is 309 g/mol. The number of aliphatic hydroxyl groups excluding tert-OH is 1. The van der Waals surface area contributed by atoms with E-state index < -0.39 is 17.8 Å². The molecule has 0 saturated carbocycles. The highest BCUT2D eigenvalue weighted by molar-refractivity contribution is 5.68. The SMILES string of the molecule is Cc1cc(C2CCN(C(=O)OC(C)(C)C)CC2O)ccc1F. The van der Waals surface area contributed by atoms with Gasteiger partial charge in [-0.3, -0.25) is 0 Å². The van der Waals surface area contributed by atoms with E-state index in [1.54, 1.807) is 19.1 Å². The Balaban J connectivity index is 2.03. The first-order valence-electron chi connectivity index (χ1n) is 7.59. The van der Waals surface area contributed by atoms with Gasteiger partial charge in [-0.15, -0.1) is 0 Å². The Hall–Kier alpha value is -1.62. The first-order valence-corrected chi connectivity index (χ1v) is 7.59. The van der Waals surface area contributed by atoms with Crippen LogP contribution in [-0.2, 0) is 4.74 Å². The van der Waals surface area contributed by atoms with Crippen LogP contribution in [0.25, 0.3) is 0 Å². The number of ether oxygens (including phenoxy) is 1. The number of β-amino-alcohol motifs (C(OH)–C–C–N with tert-alkyl or cyclic N) is 1. The molecule has 122 valence electrons. The fourth-order valence-electron chi connectivity index (χ4n) is 2.71. The van der Waals surface area contributed by atoms with Gasteiger partial charge in [-0.2, -0.15) is 0 Å². The van der Waals surface area contributed by atoms with Gasteiger partial charge in [-0.25, -0.2) is 9.18 Å². The summed E-state index contributed by atoms with van der Waals surface area (Å²) >= 11 is 0. The average molecular weight is 309 g/mol. The third kappa shape index (κ3) is 3.97. The van der Waals surface area contributed by atoms with Gasteiger partial charge < -0.3 is 14.7 Å². The second-order valence-corrected chi connectivity index (χ2v) is 6.90. The van der Waals surface area contributed by atoms with Gasteiger partial charge >= 0.3 is 6.09 Å². The number of likely N-dealkylation sites (tertiary alicyclic amines) is 1. The van der Waals surface area contributed by atoms with Gasteiger partial charge in [-0.05, 0) is 51.3 Å². The van der Waals surface area contributed by atoms with E-state index in [-0.39, 0.29) is 18.3 Å². The molecule has 1 saturated heterocycles. The van der Waals surface area contributed by atoms with Crippen molar-refractivity contribution >= 4 is 6.09 Å². The van der Waals surface area contributed by atoms with Crippen molar-refractivity contribution in [3.8, 4) is 0 Å². The van der Waals surface area contributed by atoms with Crippen molar-refractivity contribution in [3.63, 3.8) is 0 Å². The Morgan fingerprint density at radius 1 is 1.41 bits per heavy atom. The summed E-state index contributed by atoms with van der Waals surface area (Å²) in [5.41, 5.74) is 0.932. The number of benzene rings is 1. The molecule has 1 N–H and O–H groups in total. The standard InChI is InChI=1S/C17H24FNO3/c1-11-9-12(5-6-14(11)18)13-7-8-19(10-15(13)20)16(21)22-17(2,3)4/h5-6,9,13,15,20H,7-8,10H2,1-4H3. The van der Waals surface area contributed by atoms with Crippen LogP contribution < -0.4 is 0 Å². The number of hydrogen-bond donors (Lipinski definition) is 1. The van der Waals surface area contributed by atoms with Gasteiger partial charge in [0.05, 0.1) is 12.6 Å². The van der Waals surface area contributed by atoms with Crippen LogP contribution >= 0.6 is 0 Å². The van der Waals surface area contributed by atoms with Crippen LogP contribution in [0.15, 0.2) is 18.2 Å². The minimum Gasteiger partial charge on any atom is -0.444 e. The molecule has 1 aromatic rings. The zero-order valence-electron chi connectivity index (χ0n) is 13.6. The number of carbonyl (C=O) groups excluding carboxylic acids is 1. The van der Waals surface area contributed by atoms with E-state index >= 15 is 0 Å². The van der Waals surface area contributed by atoms with E-state index in [2.05, 4.69) is 0 Å². The van der Waals surface area contributed by atoms with Crippen LogP contribution in [0.3, 0.4) is 0 Å². The second-order valence-electron chi connectivity index (χ2n) is 6.90. The van der Waals surface area contributed by atoms with Crippen molar-refractivity contribution in [1.29, 1.82) is 0 Å². The third-order valence-corrected chi connectivity index (χ3v) is 3.84. The summed E-state index contributed by atoms with van der Waals surface area (Å²) in [6.07, 6.45) is -0.447. The van der Waals surface area contributed by atoms with Crippen LogP contribution in [-0.4, -0.2) is 40.9 Å². The number of nitrogens with zero attached hydrogens (tertiary/aromatic N) is 1. The maximum Gasteiger partial charge on any atom is 0.410 e. The van der Waals surface area contributed by atoms with Crippen molar-refractivity contribution in [3.05, 3.63) is 35.1 Å². The Bertz CT molecular complexity index is 553. The van der Waals surface area contributed by atoms with Crippen LogP contribution in [0, 0.1) is 12.7 Å². The molecule has 1 aromatic carbocycles. The van der Waals surface area contributed by atoms with E-state index in [0.29, 0.717) is 18.5 Å². The number of carbonyl (C=O) groups is 1. The number of rotatable bonds is 1. The minimum absolute atomic E-state index is 0.0852. The lowest BCUT2D eigenvalue weighted by Gasteiger charge is -2.37. The van der Waals surface area contributed by atoms with Crippen molar-refractivity contribution in [1.82, 2.24) is 4.90 Å². The molecule has 1 aliphatic heterocycles. The molecule has 22 heavy (non-hydrogen) atoms. The van der Waals surface area contributed by atoms with Crippen molar-refractivity contribution in [2.45, 2.75) is 51.7 Å². The molecular formula is C17H24FNO3. The van der Waals surface area contributed by atoms with Crippen LogP contribution in [0.5, 0.6) is 0 Å². The quantitative estimate of drug-likeness (QED) is 0.866. The summed E-state index contributed by atoms with van der Waals surface area (Å²) in [5.74, 6) is -0.331. The summed E-state index contributed by atoms with van der Waals surface area (Å²) in [7, 11) is 0. The molecule has 4 nitrogen and oxygen atoms in total. The number of aliphatic hydroxyl groups is 1. The fraction of sp³-hybridized carbons (Fsp3) is 0.588. The second kappa shape index (κ2) is 6.24. The first-order chi connectivity index (χ1) is 10.2. The van der Waals surface area contributed by atoms with E-state index in [1.807, 2.05) is 20.8 Å². The molecule has 0 aromatic heterocycles. The van der Waals surface area contributed by atoms with Crippen molar-refractivity contribution < 1.29 is 19.0 Å². The summed E-state index contributed by atoms with van der Waals surface area (Å²) in [6.45, 7) is 7.91. The summed E-state index contributed by atoms with van der Waals surface area (Å²) in [5, 5.41) is 10.4. The molecule has 1 heterocycles. The molecule has 0 spiro atoms. The van der Waals surface area contributed by atoms with Gasteiger partial charge in [0, 0.05) is 12.5 Å². The van der Waals surface area contributed by atoms with Gasteiger partial charge in [0.25, 0.3) is 0 Å². The van der Waals surface area contributed by atoms with E-state index in [1.165, 1.54) is 11.0 Å². The Morgan fingerprint density at radius 3 is 2.64 bits per heavy atom. The average Bonchev–Trinajstić information content (AvgIpc) is 2.40. The van der Waals surface area contributed by atoms with Gasteiger partial charge in [-0.1, -0.05) is 12.1 Å². The Morgan fingerprint density at radius 2 is 2.09 bits per heavy atom. The van der Waals surface area contributed by atoms with Crippen LogP contribution in [0.1, 0.15) is 44.2 Å². The largest absolute Gasteiger partial charge is 0.444 e. The highest BCUT2D eigenvalue weighted by atomic mass is 19.1. The van der Waals surface area contributed by atoms with E-state index in [9.17, 15) is 14.3 Å². The molecule has 1 aliphatic rings. The van der Waals surface area contributed by atoms with Crippen molar-refractivity contribution in [2.24, 2.45) is 0 Å². The molecule has 0 aliphatic carbocycles. The maximum atomic E-state index is 13.4. The molecular weight excluding hydrogens is 285 g/mol. The summed E-state index contributed by atoms with van der Waals surface area (Å²) in [4.78, 5) is 13.6. The molecule has 2 unspecified atom stereocenters. The lowest BCUT2D eigenvalue weighted by Crippen LogP contribution is -2.47. The normalized spacial score (nSPS) is 22.5. The van der Waals surface area contributed by atoms with Crippen LogP contribution in [0.4, 0.5) is 9.18 Å². The number of halogens is 1. The highest BCUT2D eigenvalue weighted by Gasteiger charge is 2.33. The highest BCUT2D eigenvalue weighted by Crippen LogP contribution is 2.30. The topological polar surface area (TPSA) is 49.8 Å². The van der Waals surface area contributed by atoms with Crippen LogP contribution in [0.2, 0.25) is 0 Å². The number of piperidine rings is 1. The Kier molecular flexibility index (Phi) is 4.75. The van der Waals surface area contributed by atoms with Gasteiger partial charge in [0.1, 0.15) is 11.4 Å². The first kappa shape index (κ1) is 16.7. The van der Waals surface area contributed by atoms with E-state index in [0.717, 1.165) is 5.56 Å². The summed E-state index contributed by atoms with van der Waals surface area (Å²) < 4.78 is 18.7. The predicted molar refractivity (Wildman–Crippen MR) is 82.3 cm³/mol. The zero-order valence-corrected chi connectivity index (χ0v) is 13.6. The third-order valence-electron chi connectivity index (χ3n) is 3.84. The molecule has 2 rings (SSSR count). The lowest BCUT2D eigenvalue weighted by molar-refractivity contribution is -0.00152. The molecule has 0 bridgehead atoms. The van der Waals surface area contributed by atoms with Gasteiger partial charge in [0.15, 0.2) is 0 Å². The molecule has 2 atom stereocenters. The minimum atomic E-state index is -0.675. The summed E-state index contributed by atoms with van der Waals surface area (Å²) in [6, 6.07) is 4.91. The number of aryl methyl sites for hydroxylation is 1. The lowest BCUT2D eigenvalue weighted by atomic mass is 9.86. The molecule has 1 fully saturated rings. The molecule has 0 radical (unpaired) electrons. The molecule has 1 amide bonds. The van der Waals surface area contributed by atoms with Crippen molar-refractivity contribution in [2.75, 3.05) is 13.1 Å². The fourth-order valence-corrected chi connectivity index (χ4v) is 2.71. The van der Waals surface area contributed by atoms with Gasteiger partial charge in [0.2, 0.25) is 0 Å². The maximum absolute atomic E-state index is 13.4. The predicted octanol–water partition coefficient (Wildman–Crippen LogP) is 3.22. The Labute approximate surface area is 130 Å². The zero-order chi connectivity index (χ0) is 16.5. The number of hydrogen-bond acceptors (Lipinski definition) is 3. The molecule has 5 heteroatoms. The number of amides is 1. The van der Waals surface area contributed by atoms with E-state index in [4.69, 9.17) is 4.74 Å².